The van der Waals surface area contributed by atoms with Crippen molar-refractivity contribution in [3.05, 3.63) is 29.8 Å². The first-order valence-electron chi connectivity index (χ1n) is 6.13. The van der Waals surface area contributed by atoms with Crippen molar-refractivity contribution in [2.24, 2.45) is 11.7 Å². The van der Waals surface area contributed by atoms with Crippen LogP contribution in [0.2, 0.25) is 0 Å². The van der Waals surface area contributed by atoms with E-state index in [1.54, 1.807) is 12.1 Å². The van der Waals surface area contributed by atoms with Gasteiger partial charge in [-0.3, -0.25) is 4.79 Å². The van der Waals surface area contributed by atoms with Crippen LogP contribution < -0.4 is 10.5 Å². The maximum absolute atomic E-state index is 12.2. The van der Waals surface area contributed by atoms with E-state index in [1.165, 1.54) is 0 Å². The maximum atomic E-state index is 12.2. The third-order valence-corrected chi connectivity index (χ3v) is 3.01. The predicted molar refractivity (Wildman–Crippen MR) is 69.4 cm³/mol. The van der Waals surface area contributed by atoms with E-state index in [-0.39, 0.29) is 11.7 Å². The van der Waals surface area contributed by atoms with Crippen molar-refractivity contribution in [2.45, 2.75) is 33.2 Å². The van der Waals surface area contributed by atoms with Gasteiger partial charge >= 0.3 is 0 Å². The number of ether oxygens (including phenoxy) is 1. The van der Waals surface area contributed by atoms with Gasteiger partial charge in [0.1, 0.15) is 5.75 Å². The molecule has 0 heterocycles. The Labute approximate surface area is 103 Å². The second kappa shape index (κ2) is 6.40. The standard InChI is InChI=1S/C14H21NO2/c1-4-10(3)13(15)14(16)11-8-6-7-9-12(11)17-5-2/h6-10,13H,4-5,15H2,1-3H3. The summed E-state index contributed by atoms with van der Waals surface area (Å²) in [7, 11) is 0. The quantitative estimate of drug-likeness (QED) is 0.771. The van der Waals surface area contributed by atoms with Gasteiger partial charge in [0.15, 0.2) is 5.78 Å². The molecule has 0 radical (unpaired) electrons. The smallest absolute Gasteiger partial charge is 0.183 e. The van der Waals surface area contributed by atoms with Gasteiger partial charge in [-0.25, -0.2) is 0 Å². The Bertz CT molecular complexity index is 376. The molecule has 2 atom stereocenters. The Balaban J connectivity index is 2.95. The third kappa shape index (κ3) is 3.30. The molecule has 1 aromatic carbocycles. The summed E-state index contributed by atoms with van der Waals surface area (Å²) in [6.45, 7) is 6.47. The largest absolute Gasteiger partial charge is 0.493 e. The molecule has 2 N–H and O–H groups in total. The molecule has 0 aromatic heterocycles. The lowest BCUT2D eigenvalue weighted by Gasteiger charge is -2.18. The van der Waals surface area contributed by atoms with E-state index >= 15 is 0 Å². The number of benzene rings is 1. The average molecular weight is 235 g/mol. The number of Topliss-reactive ketones (excluding diaryl/α,β-unsaturated/α-hetero) is 1. The van der Waals surface area contributed by atoms with Crippen LogP contribution in [-0.4, -0.2) is 18.4 Å². The van der Waals surface area contributed by atoms with E-state index in [0.717, 1.165) is 6.42 Å². The first-order valence-corrected chi connectivity index (χ1v) is 6.13. The molecule has 3 nitrogen and oxygen atoms in total. The van der Waals surface area contributed by atoms with Gasteiger partial charge < -0.3 is 10.5 Å². The first kappa shape index (κ1) is 13.7. The molecule has 0 saturated heterocycles. The number of hydrogen-bond donors (Lipinski definition) is 1. The minimum absolute atomic E-state index is 0.0385. The summed E-state index contributed by atoms with van der Waals surface area (Å²) in [5.74, 6) is 0.763. The molecular formula is C14H21NO2. The van der Waals surface area contributed by atoms with Crippen LogP contribution in [0.3, 0.4) is 0 Å². The molecule has 0 aliphatic heterocycles. The van der Waals surface area contributed by atoms with Crippen LogP contribution in [0.5, 0.6) is 5.75 Å². The van der Waals surface area contributed by atoms with Crippen molar-refractivity contribution < 1.29 is 9.53 Å². The Kier molecular flexibility index (Phi) is 5.16. The molecule has 0 fully saturated rings. The van der Waals surface area contributed by atoms with Crippen molar-refractivity contribution in [2.75, 3.05) is 6.61 Å². The van der Waals surface area contributed by atoms with Crippen LogP contribution in [0.1, 0.15) is 37.6 Å². The number of rotatable bonds is 6. The van der Waals surface area contributed by atoms with Gasteiger partial charge in [-0.1, -0.05) is 32.4 Å². The van der Waals surface area contributed by atoms with Crippen LogP contribution in [0, 0.1) is 5.92 Å². The Morgan fingerprint density at radius 3 is 2.59 bits per heavy atom. The molecule has 0 bridgehead atoms. The zero-order chi connectivity index (χ0) is 12.8. The molecular weight excluding hydrogens is 214 g/mol. The Hall–Kier alpha value is -1.35. The lowest BCUT2D eigenvalue weighted by Crippen LogP contribution is -2.36. The van der Waals surface area contributed by atoms with E-state index in [0.29, 0.717) is 17.9 Å². The maximum Gasteiger partial charge on any atom is 0.183 e. The molecule has 94 valence electrons. The molecule has 0 amide bonds. The van der Waals surface area contributed by atoms with E-state index in [4.69, 9.17) is 10.5 Å². The monoisotopic (exact) mass is 235 g/mol. The van der Waals surface area contributed by atoms with Crippen LogP contribution in [0.4, 0.5) is 0 Å². The molecule has 0 saturated carbocycles. The molecule has 3 heteroatoms. The Morgan fingerprint density at radius 1 is 1.35 bits per heavy atom. The van der Waals surface area contributed by atoms with Crippen molar-refractivity contribution in [1.82, 2.24) is 0 Å². The second-order valence-electron chi connectivity index (χ2n) is 4.20. The zero-order valence-electron chi connectivity index (χ0n) is 10.8. The van der Waals surface area contributed by atoms with Gasteiger partial charge in [0.2, 0.25) is 0 Å². The third-order valence-electron chi connectivity index (χ3n) is 3.01. The SMILES string of the molecule is CCOc1ccccc1C(=O)C(N)C(C)CC. The summed E-state index contributed by atoms with van der Waals surface area (Å²) in [4.78, 5) is 12.2. The number of para-hydroxylation sites is 1. The minimum atomic E-state index is -0.457. The lowest BCUT2D eigenvalue weighted by molar-refractivity contribution is 0.0931. The van der Waals surface area contributed by atoms with Gasteiger partial charge in [-0.15, -0.1) is 0 Å². The van der Waals surface area contributed by atoms with Gasteiger partial charge in [0.05, 0.1) is 18.2 Å². The Morgan fingerprint density at radius 2 is 2.00 bits per heavy atom. The van der Waals surface area contributed by atoms with Gasteiger partial charge in [0.25, 0.3) is 0 Å². The number of ketones is 1. The fourth-order valence-electron chi connectivity index (χ4n) is 1.64. The summed E-state index contributed by atoms with van der Waals surface area (Å²) >= 11 is 0. The highest BCUT2D eigenvalue weighted by molar-refractivity contribution is 6.02. The number of carbonyl (C=O) groups excluding carboxylic acids is 1. The molecule has 0 aliphatic rings. The van der Waals surface area contributed by atoms with Gasteiger partial charge in [-0.2, -0.15) is 0 Å². The molecule has 17 heavy (non-hydrogen) atoms. The van der Waals surface area contributed by atoms with Gasteiger partial charge in [-0.05, 0) is 25.0 Å². The second-order valence-corrected chi connectivity index (χ2v) is 4.20. The highest BCUT2D eigenvalue weighted by Gasteiger charge is 2.23. The molecule has 1 rings (SSSR count). The summed E-state index contributed by atoms with van der Waals surface area (Å²) in [5, 5.41) is 0. The van der Waals surface area contributed by atoms with E-state index in [1.807, 2.05) is 32.9 Å². The average Bonchev–Trinajstić information content (AvgIpc) is 2.37. The van der Waals surface area contributed by atoms with Crippen molar-refractivity contribution in [3.8, 4) is 5.75 Å². The lowest BCUT2D eigenvalue weighted by atomic mass is 9.92. The zero-order valence-corrected chi connectivity index (χ0v) is 10.8. The van der Waals surface area contributed by atoms with E-state index < -0.39 is 6.04 Å². The first-order chi connectivity index (χ1) is 8.11. The number of hydrogen-bond acceptors (Lipinski definition) is 3. The topological polar surface area (TPSA) is 52.3 Å². The minimum Gasteiger partial charge on any atom is -0.493 e. The fraction of sp³-hybridized carbons (Fsp3) is 0.500. The van der Waals surface area contributed by atoms with Gasteiger partial charge in [0, 0.05) is 0 Å². The molecule has 1 aromatic rings. The van der Waals surface area contributed by atoms with Crippen LogP contribution in [0.25, 0.3) is 0 Å². The highest BCUT2D eigenvalue weighted by atomic mass is 16.5. The summed E-state index contributed by atoms with van der Waals surface area (Å²) in [6.07, 6.45) is 0.893. The van der Waals surface area contributed by atoms with Crippen LogP contribution in [0.15, 0.2) is 24.3 Å². The normalized spacial score (nSPS) is 14.1. The van der Waals surface area contributed by atoms with Crippen molar-refractivity contribution in [3.63, 3.8) is 0 Å². The fourth-order valence-corrected chi connectivity index (χ4v) is 1.64. The van der Waals surface area contributed by atoms with E-state index in [2.05, 4.69) is 0 Å². The summed E-state index contributed by atoms with van der Waals surface area (Å²) in [6, 6.07) is 6.81. The van der Waals surface area contributed by atoms with E-state index in [9.17, 15) is 4.79 Å². The number of carbonyl (C=O) groups is 1. The molecule has 0 spiro atoms. The van der Waals surface area contributed by atoms with Crippen molar-refractivity contribution >= 4 is 5.78 Å². The van der Waals surface area contributed by atoms with Crippen molar-refractivity contribution in [1.29, 1.82) is 0 Å². The molecule has 0 aliphatic carbocycles. The molecule has 2 unspecified atom stereocenters. The van der Waals surface area contributed by atoms with Crippen LogP contribution in [-0.2, 0) is 0 Å². The summed E-state index contributed by atoms with van der Waals surface area (Å²) < 4.78 is 5.45. The van der Waals surface area contributed by atoms with Crippen LogP contribution >= 0.6 is 0 Å². The highest BCUT2D eigenvalue weighted by Crippen LogP contribution is 2.21. The predicted octanol–water partition coefficient (Wildman–Crippen LogP) is 2.64. The summed E-state index contributed by atoms with van der Waals surface area (Å²) in [5.41, 5.74) is 6.55. The number of nitrogens with two attached hydrogens (primary N) is 1.